The van der Waals surface area contributed by atoms with E-state index in [1.165, 1.54) is 11.0 Å². The van der Waals surface area contributed by atoms with Crippen LogP contribution in [0.5, 0.6) is 0 Å². The lowest BCUT2D eigenvalue weighted by Crippen LogP contribution is -2.22. The van der Waals surface area contributed by atoms with Gasteiger partial charge in [0.1, 0.15) is 16.0 Å². The maximum Gasteiger partial charge on any atom is 0.407 e. The summed E-state index contributed by atoms with van der Waals surface area (Å²) in [5.41, 5.74) is 2.44. The lowest BCUT2D eigenvalue weighted by Gasteiger charge is -2.14. The van der Waals surface area contributed by atoms with Crippen molar-refractivity contribution in [1.82, 2.24) is 13.8 Å². The van der Waals surface area contributed by atoms with Gasteiger partial charge < -0.3 is 9.67 Å². The largest absolute Gasteiger partial charge is 0.465 e. The number of halogens is 1. The Morgan fingerprint density at radius 2 is 1.90 bits per heavy atom. The number of rotatable bonds is 2. The molecule has 9 heteroatoms. The maximum atomic E-state index is 15.2. The lowest BCUT2D eigenvalue weighted by atomic mass is 9.98. The van der Waals surface area contributed by atoms with Crippen LogP contribution in [0.2, 0.25) is 0 Å². The zero-order valence-corrected chi connectivity index (χ0v) is 17.0. The van der Waals surface area contributed by atoms with Gasteiger partial charge in [-0.1, -0.05) is 12.1 Å². The molecular weight excluding hydrogens is 421 g/mol. The van der Waals surface area contributed by atoms with Crippen LogP contribution in [0.25, 0.3) is 32.2 Å². The third-order valence-electron chi connectivity index (χ3n) is 6.14. The van der Waals surface area contributed by atoms with Crippen molar-refractivity contribution in [2.24, 2.45) is 0 Å². The van der Waals surface area contributed by atoms with Crippen LogP contribution in [0.3, 0.4) is 0 Å². The van der Waals surface area contributed by atoms with E-state index in [1.807, 2.05) is 16.7 Å². The molecule has 0 radical (unpaired) electrons. The molecule has 6 rings (SSSR count). The molecule has 4 aromatic rings. The Labute approximate surface area is 178 Å². The van der Waals surface area contributed by atoms with E-state index in [0.29, 0.717) is 28.0 Å². The molecule has 2 N–H and O–H groups in total. The van der Waals surface area contributed by atoms with Crippen molar-refractivity contribution in [3.63, 3.8) is 0 Å². The Morgan fingerprint density at radius 3 is 2.65 bits per heavy atom. The molecule has 0 spiro atoms. The van der Waals surface area contributed by atoms with Gasteiger partial charge in [0.05, 0.1) is 5.52 Å². The number of carboxylic acid groups (broad SMARTS) is 1. The van der Waals surface area contributed by atoms with Gasteiger partial charge in [-0.2, -0.15) is 0 Å². The van der Waals surface area contributed by atoms with Gasteiger partial charge >= 0.3 is 6.09 Å². The third kappa shape index (κ3) is 2.66. The molecule has 7 nitrogen and oxygen atoms in total. The molecule has 1 saturated carbocycles. The predicted molar refractivity (Wildman–Crippen MR) is 115 cm³/mol. The van der Waals surface area contributed by atoms with Crippen molar-refractivity contribution < 1.29 is 14.3 Å². The van der Waals surface area contributed by atoms with Gasteiger partial charge in [0.25, 0.3) is 5.56 Å². The molecule has 1 aliphatic heterocycles. The van der Waals surface area contributed by atoms with Crippen LogP contribution in [-0.4, -0.2) is 25.0 Å². The number of nitrogens with zero attached hydrogens (tertiary/aromatic N) is 2. The van der Waals surface area contributed by atoms with Crippen LogP contribution in [0.4, 0.5) is 9.18 Å². The SMILES string of the molecule is O=C(O)N1Cc2ccc(-c3cc4c(cc3F)c(=O)c3c(=O)[nH]sc3n4C3CC3)cc2C1. The van der Waals surface area contributed by atoms with E-state index in [2.05, 4.69) is 4.37 Å². The number of H-pyrrole nitrogens is 1. The molecule has 1 aliphatic carbocycles. The Balaban J connectivity index is 1.59. The van der Waals surface area contributed by atoms with E-state index in [9.17, 15) is 19.5 Å². The molecular formula is C22H16FN3O4S. The van der Waals surface area contributed by atoms with Gasteiger partial charge in [-0.3, -0.25) is 18.9 Å². The zero-order valence-electron chi connectivity index (χ0n) is 16.1. The van der Waals surface area contributed by atoms with Crippen LogP contribution in [0.15, 0.2) is 39.9 Å². The average molecular weight is 437 g/mol. The Bertz CT molecular complexity index is 1550. The monoisotopic (exact) mass is 437 g/mol. The summed E-state index contributed by atoms with van der Waals surface area (Å²) >= 11 is 1.13. The molecule has 1 fully saturated rings. The van der Waals surface area contributed by atoms with Crippen LogP contribution in [0.1, 0.15) is 30.0 Å². The van der Waals surface area contributed by atoms with Crippen molar-refractivity contribution >= 4 is 38.7 Å². The van der Waals surface area contributed by atoms with E-state index in [1.54, 1.807) is 12.1 Å². The summed E-state index contributed by atoms with van der Waals surface area (Å²) in [5.74, 6) is -0.550. The van der Waals surface area contributed by atoms with Gasteiger partial charge in [0, 0.05) is 30.1 Å². The number of pyridine rings is 1. The fourth-order valence-corrected chi connectivity index (χ4v) is 5.39. The van der Waals surface area contributed by atoms with Crippen molar-refractivity contribution in [2.45, 2.75) is 32.0 Å². The molecule has 2 aliphatic rings. The minimum Gasteiger partial charge on any atom is -0.465 e. The molecule has 156 valence electrons. The molecule has 0 unspecified atom stereocenters. The fourth-order valence-electron chi connectivity index (χ4n) is 4.46. The molecule has 2 aromatic carbocycles. The van der Waals surface area contributed by atoms with Gasteiger partial charge in [0.2, 0.25) is 5.43 Å². The number of aromatic nitrogens is 2. The minimum atomic E-state index is -0.988. The van der Waals surface area contributed by atoms with Gasteiger partial charge in [-0.25, -0.2) is 9.18 Å². The highest BCUT2D eigenvalue weighted by molar-refractivity contribution is 7.12. The summed E-state index contributed by atoms with van der Waals surface area (Å²) in [5, 5.41) is 9.53. The first-order valence-electron chi connectivity index (χ1n) is 9.91. The number of fused-ring (bicyclic) bond motifs is 3. The molecule has 3 heterocycles. The summed E-state index contributed by atoms with van der Waals surface area (Å²) in [7, 11) is 0. The molecule has 2 aromatic heterocycles. The van der Waals surface area contributed by atoms with Crippen LogP contribution in [0, 0.1) is 5.82 Å². The summed E-state index contributed by atoms with van der Waals surface area (Å²) in [6.45, 7) is 0.579. The smallest absolute Gasteiger partial charge is 0.407 e. The summed E-state index contributed by atoms with van der Waals surface area (Å²) in [6, 6.07) is 8.50. The van der Waals surface area contributed by atoms with Crippen molar-refractivity contribution in [1.29, 1.82) is 0 Å². The van der Waals surface area contributed by atoms with Gasteiger partial charge in [-0.15, -0.1) is 0 Å². The van der Waals surface area contributed by atoms with Crippen LogP contribution >= 0.6 is 11.5 Å². The fraction of sp³-hybridized carbons (Fsp3) is 0.227. The first-order valence-corrected chi connectivity index (χ1v) is 10.7. The molecule has 31 heavy (non-hydrogen) atoms. The van der Waals surface area contributed by atoms with E-state index < -0.39 is 22.9 Å². The van der Waals surface area contributed by atoms with Gasteiger partial charge in [0.15, 0.2) is 0 Å². The number of nitrogens with one attached hydrogen (secondary N) is 1. The quantitative estimate of drug-likeness (QED) is 0.495. The molecule has 0 bridgehead atoms. The number of carbonyl (C=O) groups is 1. The minimum absolute atomic E-state index is 0.0860. The molecule has 1 amide bonds. The van der Waals surface area contributed by atoms with Crippen molar-refractivity contribution in [2.75, 3.05) is 0 Å². The highest BCUT2D eigenvalue weighted by atomic mass is 32.1. The topological polar surface area (TPSA) is 95.4 Å². The van der Waals surface area contributed by atoms with E-state index in [4.69, 9.17) is 0 Å². The highest BCUT2D eigenvalue weighted by Crippen LogP contribution is 2.41. The van der Waals surface area contributed by atoms with E-state index in [0.717, 1.165) is 35.5 Å². The maximum absolute atomic E-state index is 15.2. The summed E-state index contributed by atoms with van der Waals surface area (Å²) in [6.07, 6.45) is 0.892. The number of hydrogen-bond donors (Lipinski definition) is 2. The predicted octanol–water partition coefficient (Wildman–Crippen LogP) is 4.04. The number of amides is 1. The van der Waals surface area contributed by atoms with E-state index >= 15 is 4.39 Å². The van der Waals surface area contributed by atoms with Crippen LogP contribution in [-0.2, 0) is 13.1 Å². The standard InChI is InChI=1S/C22H16FN3O4S/c23-16-6-15-17(26(13-3-4-13)21-18(19(15)27)20(28)24-31-21)7-14(16)10-1-2-11-8-25(22(29)30)9-12(11)5-10/h1-2,5-7,13H,3-4,8-9H2,(H,24,28)(H,29,30). The van der Waals surface area contributed by atoms with Crippen molar-refractivity contribution in [3.8, 4) is 11.1 Å². The van der Waals surface area contributed by atoms with Gasteiger partial charge in [-0.05, 0) is 59.3 Å². The lowest BCUT2D eigenvalue weighted by molar-refractivity contribution is 0.145. The molecule has 0 atom stereocenters. The first kappa shape index (κ1) is 18.3. The Morgan fingerprint density at radius 1 is 1.13 bits per heavy atom. The third-order valence-corrected chi connectivity index (χ3v) is 7.02. The highest BCUT2D eigenvalue weighted by Gasteiger charge is 2.29. The van der Waals surface area contributed by atoms with Crippen LogP contribution < -0.4 is 11.0 Å². The number of hydrogen-bond acceptors (Lipinski definition) is 4. The zero-order chi connectivity index (χ0) is 21.4. The number of benzene rings is 2. The molecule has 0 saturated heterocycles. The number of aromatic amines is 1. The summed E-state index contributed by atoms with van der Waals surface area (Å²) < 4.78 is 19.8. The first-order chi connectivity index (χ1) is 14.9. The second-order valence-corrected chi connectivity index (χ2v) is 8.91. The summed E-state index contributed by atoms with van der Waals surface area (Å²) in [4.78, 5) is 38.3. The normalized spacial score (nSPS) is 15.7. The van der Waals surface area contributed by atoms with E-state index in [-0.39, 0.29) is 23.4 Å². The Hall–Kier alpha value is -3.46. The van der Waals surface area contributed by atoms with Crippen molar-refractivity contribution in [3.05, 3.63) is 67.9 Å². The average Bonchev–Trinajstić information content (AvgIpc) is 3.36. The second kappa shape index (κ2) is 6.27. The second-order valence-electron chi connectivity index (χ2n) is 8.12. The Kier molecular flexibility index (Phi) is 3.71.